The SMILES string of the molecule is COc1ccc(CN(CCC(c2ccccc2)c2ccccc2)Cc2nc(C(=O)NCCc3ccccn3)cs2)cc1. The van der Waals surface area contributed by atoms with Crippen molar-refractivity contribution in [3.63, 3.8) is 0 Å². The molecular formula is C35H36N4O2S. The average molecular weight is 577 g/mol. The number of benzene rings is 3. The summed E-state index contributed by atoms with van der Waals surface area (Å²) in [5, 5.41) is 5.76. The van der Waals surface area contributed by atoms with E-state index in [0.717, 1.165) is 36.0 Å². The van der Waals surface area contributed by atoms with E-state index in [2.05, 4.69) is 88.0 Å². The number of rotatable bonds is 14. The average Bonchev–Trinajstić information content (AvgIpc) is 3.51. The first kappa shape index (κ1) is 29.2. The Morgan fingerprint density at radius 2 is 1.57 bits per heavy atom. The molecule has 7 heteroatoms. The third-order valence-electron chi connectivity index (χ3n) is 7.24. The number of aromatic nitrogens is 2. The van der Waals surface area contributed by atoms with Gasteiger partial charge in [-0.05, 0) is 53.9 Å². The fraction of sp³-hybridized carbons (Fsp3) is 0.229. The van der Waals surface area contributed by atoms with Crippen LogP contribution in [0.15, 0.2) is 115 Å². The number of ether oxygens (including phenoxy) is 1. The molecular weight excluding hydrogens is 540 g/mol. The van der Waals surface area contributed by atoms with E-state index in [1.54, 1.807) is 13.3 Å². The summed E-state index contributed by atoms with van der Waals surface area (Å²) in [4.78, 5) is 24.3. The van der Waals surface area contributed by atoms with Crippen molar-refractivity contribution in [2.24, 2.45) is 0 Å². The first-order valence-corrected chi connectivity index (χ1v) is 15.1. The lowest BCUT2D eigenvalue weighted by Crippen LogP contribution is -2.27. The van der Waals surface area contributed by atoms with Crippen LogP contribution in [-0.4, -0.2) is 41.0 Å². The number of nitrogens with zero attached hydrogens (tertiary/aromatic N) is 3. The van der Waals surface area contributed by atoms with Gasteiger partial charge in [-0.1, -0.05) is 78.9 Å². The maximum absolute atomic E-state index is 12.8. The topological polar surface area (TPSA) is 67.3 Å². The van der Waals surface area contributed by atoms with E-state index in [9.17, 15) is 4.79 Å². The summed E-state index contributed by atoms with van der Waals surface area (Å²) in [5.41, 5.74) is 5.25. The largest absolute Gasteiger partial charge is 0.497 e. The lowest BCUT2D eigenvalue weighted by Gasteiger charge is -2.25. The third-order valence-corrected chi connectivity index (χ3v) is 8.07. The van der Waals surface area contributed by atoms with Crippen LogP contribution in [0.3, 0.4) is 0 Å². The Labute approximate surface area is 252 Å². The van der Waals surface area contributed by atoms with E-state index in [4.69, 9.17) is 9.72 Å². The Kier molecular flexibility index (Phi) is 10.5. The highest BCUT2D eigenvalue weighted by Crippen LogP contribution is 2.29. The lowest BCUT2D eigenvalue weighted by molar-refractivity contribution is 0.0949. The Morgan fingerprint density at radius 1 is 0.881 bits per heavy atom. The zero-order chi connectivity index (χ0) is 29.0. The maximum atomic E-state index is 12.8. The molecule has 0 aliphatic rings. The second-order valence-electron chi connectivity index (χ2n) is 10.2. The van der Waals surface area contributed by atoms with Crippen LogP contribution in [0.1, 0.15) is 50.2 Å². The van der Waals surface area contributed by atoms with Gasteiger partial charge >= 0.3 is 0 Å². The Bertz CT molecular complexity index is 1470. The van der Waals surface area contributed by atoms with Crippen LogP contribution in [0.25, 0.3) is 0 Å². The van der Waals surface area contributed by atoms with E-state index in [1.165, 1.54) is 28.0 Å². The highest BCUT2D eigenvalue weighted by Gasteiger charge is 2.18. The van der Waals surface area contributed by atoms with Gasteiger partial charge in [-0.25, -0.2) is 4.98 Å². The highest BCUT2D eigenvalue weighted by molar-refractivity contribution is 7.09. The van der Waals surface area contributed by atoms with Crippen LogP contribution in [0.2, 0.25) is 0 Å². The van der Waals surface area contributed by atoms with Gasteiger partial charge in [0.15, 0.2) is 0 Å². The second-order valence-corrected chi connectivity index (χ2v) is 11.1. The standard InChI is InChI=1S/C35H36N4O2S/c1-41-31-17-15-27(16-18-31)24-39(23-20-32(28-10-4-2-5-11-28)29-12-6-3-7-13-29)25-34-38-33(26-42-34)35(40)37-22-19-30-14-8-9-21-36-30/h2-18,21,26,32H,19-20,22-25H2,1H3,(H,37,40). The molecule has 6 nitrogen and oxygen atoms in total. The summed E-state index contributed by atoms with van der Waals surface area (Å²) in [6.07, 6.45) is 3.41. The molecule has 0 spiro atoms. The Morgan fingerprint density at radius 3 is 2.21 bits per heavy atom. The van der Waals surface area contributed by atoms with Crippen molar-refractivity contribution in [1.82, 2.24) is 20.2 Å². The van der Waals surface area contributed by atoms with E-state index in [-0.39, 0.29) is 11.8 Å². The minimum absolute atomic E-state index is 0.150. The van der Waals surface area contributed by atoms with Crippen LogP contribution in [-0.2, 0) is 19.5 Å². The third kappa shape index (κ3) is 8.35. The molecule has 0 atom stereocenters. The van der Waals surface area contributed by atoms with Gasteiger partial charge in [-0.15, -0.1) is 11.3 Å². The molecule has 2 aromatic heterocycles. The zero-order valence-corrected chi connectivity index (χ0v) is 24.7. The van der Waals surface area contributed by atoms with Crippen molar-refractivity contribution in [3.8, 4) is 5.75 Å². The number of carbonyl (C=O) groups excluding carboxylic acids is 1. The predicted molar refractivity (Wildman–Crippen MR) is 169 cm³/mol. The molecule has 0 bridgehead atoms. The smallest absolute Gasteiger partial charge is 0.270 e. The number of carbonyl (C=O) groups is 1. The number of pyridine rings is 1. The van der Waals surface area contributed by atoms with Crippen molar-refractivity contribution < 1.29 is 9.53 Å². The van der Waals surface area contributed by atoms with Gasteiger partial charge in [0.05, 0.1) is 13.7 Å². The number of nitrogens with one attached hydrogen (secondary N) is 1. The number of thiazole rings is 1. The van der Waals surface area contributed by atoms with Gasteiger partial charge in [0, 0.05) is 42.7 Å². The molecule has 0 saturated heterocycles. The summed E-state index contributed by atoms with van der Waals surface area (Å²) in [5.74, 6) is 0.975. The zero-order valence-electron chi connectivity index (χ0n) is 23.9. The number of methoxy groups -OCH3 is 1. The van der Waals surface area contributed by atoms with Crippen LogP contribution < -0.4 is 10.1 Å². The van der Waals surface area contributed by atoms with Crippen LogP contribution in [0.5, 0.6) is 5.75 Å². The number of hydrogen-bond acceptors (Lipinski definition) is 6. The molecule has 2 heterocycles. The van der Waals surface area contributed by atoms with Crippen molar-refractivity contribution >= 4 is 17.2 Å². The number of amides is 1. The molecule has 1 N–H and O–H groups in total. The van der Waals surface area contributed by atoms with Gasteiger partial charge in [-0.3, -0.25) is 14.7 Å². The van der Waals surface area contributed by atoms with Crippen molar-refractivity contribution in [3.05, 3.63) is 148 Å². The van der Waals surface area contributed by atoms with Gasteiger partial charge < -0.3 is 10.1 Å². The second kappa shape index (κ2) is 15.1. The molecule has 0 fully saturated rings. The predicted octanol–water partition coefficient (Wildman–Crippen LogP) is 6.74. The van der Waals surface area contributed by atoms with Gasteiger partial charge in [0.25, 0.3) is 5.91 Å². The molecule has 42 heavy (non-hydrogen) atoms. The fourth-order valence-electron chi connectivity index (χ4n) is 5.03. The summed E-state index contributed by atoms with van der Waals surface area (Å²) < 4.78 is 5.36. The molecule has 0 saturated carbocycles. The minimum Gasteiger partial charge on any atom is -0.497 e. The van der Waals surface area contributed by atoms with E-state index < -0.39 is 0 Å². The van der Waals surface area contributed by atoms with Crippen molar-refractivity contribution in [2.75, 3.05) is 20.2 Å². The quantitative estimate of drug-likeness (QED) is 0.159. The molecule has 5 rings (SSSR count). The Hall–Kier alpha value is -4.33. The van der Waals surface area contributed by atoms with Crippen molar-refractivity contribution in [1.29, 1.82) is 0 Å². The molecule has 0 unspecified atom stereocenters. The van der Waals surface area contributed by atoms with E-state index in [1.807, 2.05) is 35.7 Å². The van der Waals surface area contributed by atoms with Gasteiger partial charge in [0.1, 0.15) is 16.5 Å². The normalized spacial score (nSPS) is 11.1. The summed E-state index contributed by atoms with van der Waals surface area (Å²) in [6.45, 7) is 2.82. The first-order valence-electron chi connectivity index (χ1n) is 14.3. The van der Waals surface area contributed by atoms with Crippen LogP contribution >= 0.6 is 11.3 Å². The van der Waals surface area contributed by atoms with Gasteiger partial charge in [-0.2, -0.15) is 0 Å². The highest BCUT2D eigenvalue weighted by atomic mass is 32.1. The first-order chi connectivity index (χ1) is 20.7. The van der Waals surface area contributed by atoms with Gasteiger partial charge in [0.2, 0.25) is 0 Å². The lowest BCUT2D eigenvalue weighted by atomic mass is 9.88. The molecule has 5 aromatic rings. The minimum atomic E-state index is -0.150. The molecule has 0 aliphatic heterocycles. The number of hydrogen-bond donors (Lipinski definition) is 1. The monoisotopic (exact) mass is 576 g/mol. The summed E-state index contributed by atoms with van der Waals surface area (Å²) >= 11 is 1.53. The molecule has 3 aromatic carbocycles. The fourth-order valence-corrected chi connectivity index (χ4v) is 5.85. The molecule has 0 aliphatic carbocycles. The van der Waals surface area contributed by atoms with Crippen LogP contribution in [0.4, 0.5) is 0 Å². The molecule has 1 amide bonds. The van der Waals surface area contributed by atoms with E-state index >= 15 is 0 Å². The summed E-state index contributed by atoms with van der Waals surface area (Å²) in [6, 6.07) is 35.5. The molecule has 0 radical (unpaired) electrons. The van der Waals surface area contributed by atoms with E-state index in [0.29, 0.717) is 25.2 Å². The molecule has 214 valence electrons. The summed E-state index contributed by atoms with van der Waals surface area (Å²) in [7, 11) is 1.68. The van der Waals surface area contributed by atoms with Crippen molar-refractivity contribution in [2.45, 2.75) is 31.8 Å². The maximum Gasteiger partial charge on any atom is 0.270 e. The Balaban J connectivity index is 1.28. The van der Waals surface area contributed by atoms with Crippen LogP contribution in [0, 0.1) is 0 Å².